The van der Waals surface area contributed by atoms with E-state index in [0.717, 1.165) is 23.5 Å². The minimum Gasteiger partial charge on any atom is -0.311 e. The van der Waals surface area contributed by atoms with Crippen molar-refractivity contribution in [2.75, 3.05) is 4.90 Å². The van der Waals surface area contributed by atoms with Gasteiger partial charge in [-0.2, -0.15) is 0 Å². The highest BCUT2D eigenvalue weighted by molar-refractivity contribution is 6.11. The van der Waals surface area contributed by atoms with Gasteiger partial charge in [-0.25, -0.2) is 0 Å². The zero-order chi connectivity index (χ0) is 42.3. The van der Waals surface area contributed by atoms with E-state index in [2.05, 4.69) is 252 Å². The van der Waals surface area contributed by atoms with Gasteiger partial charge in [0.2, 0.25) is 0 Å². The van der Waals surface area contributed by atoms with Gasteiger partial charge in [0, 0.05) is 33.5 Å². The maximum absolute atomic E-state index is 2.42. The maximum atomic E-state index is 2.42. The molecule has 0 aliphatic carbocycles. The molecule has 0 aliphatic rings. The van der Waals surface area contributed by atoms with Gasteiger partial charge in [-0.3, -0.25) is 0 Å². The van der Waals surface area contributed by atoms with Gasteiger partial charge in [-0.15, -0.1) is 0 Å². The van der Waals surface area contributed by atoms with E-state index in [1.165, 1.54) is 72.0 Å². The molecular weight excluding hydrogens is 737 g/mol. The second kappa shape index (κ2) is 16.1. The molecule has 1 atom stereocenters. The molecule has 61 heavy (non-hydrogen) atoms. The van der Waals surface area contributed by atoms with Gasteiger partial charge in [-0.1, -0.05) is 168 Å². The molecule has 1 heterocycles. The van der Waals surface area contributed by atoms with Crippen LogP contribution in [0.5, 0.6) is 0 Å². The Kier molecular flexibility index (Phi) is 10.5. The lowest BCUT2D eigenvalue weighted by molar-refractivity contribution is 0.229. The molecule has 1 aromatic heterocycles. The van der Waals surface area contributed by atoms with E-state index in [1.807, 2.05) is 0 Å². The van der Waals surface area contributed by atoms with Crippen molar-refractivity contribution in [3.63, 3.8) is 0 Å². The van der Waals surface area contributed by atoms with Crippen molar-refractivity contribution in [3.8, 4) is 39.1 Å². The van der Waals surface area contributed by atoms with E-state index in [1.54, 1.807) is 0 Å². The largest absolute Gasteiger partial charge is 0.311 e. The Morgan fingerprint density at radius 2 is 0.836 bits per heavy atom. The molecule has 9 aromatic rings. The summed E-state index contributed by atoms with van der Waals surface area (Å²) in [6, 6.07) is 71.4. The van der Waals surface area contributed by atoms with E-state index in [4.69, 9.17) is 0 Å². The minimum atomic E-state index is 0.180. The van der Waals surface area contributed by atoms with Crippen LogP contribution < -0.4 is 4.90 Å². The van der Waals surface area contributed by atoms with Crippen LogP contribution in [-0.2, 0) is 0 Å². The SMILES string of the molecule is Cc1ccc(-n2c3ccc(-c4ccc(C(CC(C)(C)C)C(C)(C)C)cc4)cc3c3cc(-c4ccc(N(c5ccccc5)c5ccc(-c6ccccc6)cc5)cc4)ccc32)cc1. The maximum Gasteiger partial charge on any atom is 0.0541 e. The van der Waals surface area contributed by atoms with Gasteiger partial charge >= 0.3 is 0 Å². The lowest BCUT2D eigenvalue weighted by Gasteiger charge is -2.36. The van der Waals surface area contributed by atoms with Crippen molar-refractivity contribution in [1.82, 2.24) is 4.57 Å². The summed E-state index contributed by atoms with van der Waals surface area (Å²) in [7, 11) is 0. The Morgan fingerprint density at radius 1 is 0.426 bits per heavy atom. The number of nitrogens with zero attached hydrogens (tertiary/aromatic N) is 2. The smallest absolute Gasteiger partial charge is 0.0541 e. The number of aromatic nitrogens is 1. The number of rotatable bonds is 9. The first-order chi connectivity index (χ1) is 29.4. The third-order valence-electron chi connectivity index (χ3n) is 12.3. The Bertz CT molecular complexity index is 2910. The van der Waals surface area contributed by atoms with E-state index in [-0.39, 0.29) is 10.8 Å². The van der Waals surface area contributed by atoms with Crippen molar-refractivity contribution in [2.45, 2.75) is 60.8 Å². The topological polar surface area (TPSA) is 8.17 Å². The number of hydrogen-bond acceptors (Lipinski definition) is 1. The molecule has 9 rings (SSSR count). The molecule has 0 spiro atoms. The lowest BCUT2D eigenvalue weighted by Crippen LogP contribution is -2.23. The van der Waals surface area contributed by atoms with Crippen LogP contribution in [0.1, 0.15) is 65.0 Å². The number of aryl methyl sites for hydroxylation is 1. The number of benzene rings is 8. The fourth-order valence-electron chi connectivity index (χ4n) is 9.06. The summed E-state index contributed by atoms with van der Waals surface area (Å²) < 4.78 is 2.42. The average molecular weight is 793 g/mol. The summed E-state index contributed by atoms with van der Waals surface area (Å²) in [6.45, 7) is 16.4. The average Bonchev–Trinajstić information content (AvgIpc) is 3.59. The minimum absolute atomic E-state index is 0.180. The number of para-hydroxylation sites is 1. The summed E-state index contributed by atoms with van der Waals surface area (Å²) in [5.74, 6) is 0.483. The van der Waals surface area contributed by atoms with Crippen LogP contribution in [-0.4, -0.2) is 4.57 Å². The predicted molar refractivity (Wildman–Crippen MR) is 263 cm³/mol. The Balaban J connectivity index is 1.10. The summed E-state index contributed by atoms with van der Waals surface area (Å²) in [4.78, 5) is 2.33. The molecule has 0 saturated carbocycles. The molecule has 0 bridgehead atoms. The van der Waals surface area contributed by atoms with Gasteiger partial charge in [-0.05, 0) is 142 Å². The van der Waals surface area contributed by atoms with Crippen LogP contribution in [0.2, 0.25) is 0 Å². The third-order valence-corrected chi connectivity index (χ3v) is 12.3. The first kappa shape index (κ1) is 39.8. The molecule has 0 N–H and O–H groups in total. The Hall–Kier alpha value is -6.64. The van der Waals surface area contributed by atoms with E-state index in [9.17, 15) is 0 Å². The van der Waals surface area contributed by atoms with Crippen molar-refractivity contribution in [1.29, 1.82) is 0 Å². The standard InChI is InChI=1S/C59H56N2/c1-41-18-30-52(31-19-41)61-56-36-28-47(44-20-22-46(23-21-44)55(59(5,6)7)40-58(2,3)4)38-53(56)54-39-48(29-37-57(54)61)45-26-34-51(35-27-45)60(49-16-12-9-13-17-49)50-32-24-43(25-33-50)42-14-10-8-11-15-42/h8-39,55H,40H2,1-7H3. The van der Waals surface area contributed by atoms with Crippen LogP contribution in [0.4, 0.5) is 17.1 Å². The van der Waals surface area contributed by atoms with Crippen molar-refractivity contribution in [3.05, 3.63) is 205 Å². The van der Waals surface area contributed by atoms with E-state index < -0.39 is 0 Å². The molecule has 302 valence electrons. The highest BCUT2D eigenvalue weighted by atomic mass is 15.1. The quantitative estimate of drug-likeness (QED) is 0.141. The molecule has 2 heteroatoms. The fraction of sp³-hybridized carbons (Fsp3) is 0.186. The predicted octanol–water partition coefficient (Wildman–Crippen LogP) is 17.1. The summed E-state index contributed by atoms with van der Waals surface area (Å²) >= 11 is 0. The van der Waals surface area contributed by atoms with Crippen molar-refractivity contribution >= 4 is 38.9 Å². The molecule has 1 unspecified atom stereocenters. The van der Waals surface area contributed by atoms with E-state index in [0.29, 0.717) is 5.92 Å². The highest BCUT2D eigenvalue weighted by Gasteiger charge is 2.30. The molecular formula is C59H56N2. The third kappa shape index (κ3) is 8.28. The number of hydrogen-bond donors (Lipinski definition) is 0. The Labute approximate surface area is 362 Å². The van der Waals surface area contributed by atoms with Crippen molar-refractivity contribution in [2.24, 2.45) is 10.8 Å². The Morgan fingerprint density at radius 3 is 1.31 bits per heavy atom. The molecule has 8 aromatic carbocycles. The van der Waals surface area contributed by atoms with Gasteiger partial charge in [0.15, 0.2) is 0 Å². The van der Waals surface area contributed by atoms with Crippen LogP contribution in [0.3, 0.4) is 0 Å². The second-order valence-corrected chi connectivity index (χ2v) is 19.1. The summed E-state index contributed by atoms with van der Waals surface area (Å²) in [5, 5.41) is 2.50. The number of anilines is 3. The normalized spacial score (nSPS) is 12.5. The summed E-state index contributed by atoms with van der Waals surface area (Å²) in [5.41, 5.74) is 17.3. The molecule has 0 amide bonds. The monoisotopic (exact) mass is 792 g/mol. The first-order valence-corrected chi connectivity index (χ1v) is 21.8. The van der Waals surface area contributed by atoms with Gasteiger partial charge in [0.05, 0.1) is 11.0 Å². The molecule has 2 nitrogen and oxygen atoms in total. The van der Waals surface area contributed by atoms with Crippen LogP contribution in [0.15, 0.2) is 194 Å². The van der Waals surface area contributed by atoms with Crippen molar-refractivity contribution < 1.29 is 0 Å². The zero-order valence-corrected chi connectivity index (χ0v) is 36.7. The van der Waals surface area contributed by atoms with Gasteiger partial charge in [0.25, 0.3) is 0 Å². The van der Waals surface area contributed by atoms with Crippen LogP contribution in [0, 0.1) is 17.8 Å². The lowest BCUT2D eigenvalue weighted by atomic mass is 9.69. The summed E-state index contributed by atoms with van der Waals surface area (Å²) in [6.07, 6.45) is 1.15. The highest BCUT2D eigenvalue weighted by Crippen LogP contribution is 2.44. The second-order valence-electron chi connectivity index (χ2n) is 19.1. The molecule has 0 radical (unpaired) electrons. The number of fused-ring (bicyclic) bond motifs is 3. The molecule has 0 aliphatic heterocycles. The molecule has 0 fully saturated rings. The van der Waals surface area contributed by atoms with Gasteiger partial charge < -0.3 is 9.47 Å². The molecule has 0 saturated heterocycles. The van der Waals surface area contributed by atoms with Crippen LogP contribution >= 0.6 is 0 Å². The fourth-order valence-corrected chi connectivity index (χ4v) is 9.06. The first-order valence-electron chi connectivity index (χ1n) is 21.8. The zero-order valence-electron chi connectivity index (χ0n) is 36.7. The van der Waals surface area contributed by atoms with Crippen LogP contribution in [0.25, 0.3) is 60.9 Å². The van der Waals surface area contributed by atoms with Gasteiger partial charge in [0.1, 0.15) is 0 Å². The van der Waals surface area contributed by atoms with E-state index >= 15 is 0 Å².